The van der Waals surface area contributed by atoms with E-state index < -0.39 is 0 Å². The lowest BCUT2D eigenvalue weighted by Gasteiger charge is -2.36. The highest BCUT2D eigenvalue weighted by atomic mass is 15.0. The summed E-state index contributed by atoms with van der Waals surface area (Å²) < 4.78 is 0. The van der Waals surface area contributed by atoms with Crippen LogP contribution in [0.5, 0.6) is 0 Å². The van der Waals surface area contributed by atoms with Crippen molar-refractivity contribution in [2.45, 2.75) is 31.7 Å². The summed E-state index contributed by atoms with van der Waals surface area (Å²) in [5.41, 5.74) is 2.90. The predicted octanol–water partition coefficient (Wildman–Crippen LogP) is 2.82. The molecule has 0 saturated heterocycles. The van der Waals surface area contributed by atoms with Crippen LogP contribution >= 0.6 is 0 Å². The van der Waals surface area contributed by atoms with Crippen molar-refractivity contribution < 1.29 is 0 Å². The number of hydrogen-bond acceptors (Lipinski definition) is 1. The molecule has 0 amide bonds. The van der Waals surface area contributed by atoms with Gasteiger partial charge >= 0.3 is 0 Å². The highest BCUT2D eigenvalue weighted by Gasteiger charge is 2.32. The fourth-order valence-electron chi connectivity index (χ4n) is 2.52. The van der Waals surface area contributed by atoms with E-state index in [9.17, 15) is 0 Å². The van der Waals surface area contributed by atoms with Gasteiger partial charge in [0, 0.05) is 11.7 Å². The van der Waals surface area contributed by atoms with Crippen LogP contribution in [0, 0.1) is 5.92 Å². The van der Waals surface area contributed by atoms with Gasteiger partial charge in [0.25, 0.3) is 0 Å². The molecule has 1 fully saturated rings. The van der Waals surface area contributed by atoms with Crippen LogP contribution in [0.15, 0.2) is 24.3 Å². The van der Waals surface area contributed by atoms with Crippen LogP contribution in [0.1, 0.15) is 24.8 Å². The van der Waals surface area contributed by atoms with Crippen LogP contribution < -0.4 is 5.32 Å². The van der Waals surface area contributed by atoms with E-state index in [2.05, 4.69) is 29.6 Å². The van der Waals surface area contributed by atoms with Crippen molar-refractivity contribution in [1.82, 2.24) is 0 Å². The van der Waals surface area contributed by atoms with Gasteiger partial charge < -0.3 is 5.32 Å². The molecule has 1 aliphatic carbocycles. The maximum absolute atomic E-state index is 3.66. The molecule has 0 aromatic heterocycles. The second-order valence-electron chi connectivity index (χ2n) is 4.28. The number of para-hydroxylation sites is 1. The van der Waals surface area contributed by atoms with Gasteiger partial charge in [0.05, 0.1) is 0 Å². The summed E-state index contributed by atoms with van der Waals surface area (Å²) in [4.78, 5) is 0. The Balaban J connectivity index is 1.95. The van der Waals surface area contributed by atoms with Crippen molar-refractivity contribution in [2.24, 2.45) is 5.92 Å². The Morgan fingerprint density at radius 2 is 2.00 bits per heavy atom. The van der Waals surface area contributed by atoms with Crippen molar-refractivity contribution in [1.29, 1.82) is 0 Å². The van der Waals surface area contributed by atoms with Gasteiger partial charge in [0.15, 0.2) is 0 Å². The molecule has 1 nitrogen and oxygen atoms in total. The largest absolute Gasteiger partial charge is 0.382 e. The van der Waals surface area contributed by atoms with Crippen LogP contribution in [-0.2, 0) is 6.42 Å². The lowest BCUT2D eigenvalue weighted by Crippen LogP contribution is -2.37. The normalized spacial score (nSPS) is 30.5. The van der Waals surface area contributed by atoms with Gasteiger partial charge in [-0.1, -0.05) is 18.2 Å². The number of benzene rings is 1. The Morgan fingerprint density at radius 3 is 2.85 bits per heavy atom. The maximum atomic E-state index is 3.66. The molecule has 13 heavy (non-hydrogen) atoms. The second-order valence-corrected chi connectivity index (χ2v) is 4.28. The Hall–Kier alpha value is -0.980. The molecule has 1 aromatic carbocycles. The zero-order valence-electron chi connectivity index (χ0n) is 7.79. The third-order valence-electron chi connectivity index (χ3n) is 3.56. The summed E-state index contributed by atoms with van der Waals surface area (Å²) in [7, 11) is 0. The fourth-order valence-corrected chi connectivity index (χ4v) is 2.52. The van der Waals surface area contributed by atoms with E-state index in [1.165, 1.54) is 36.9 Å². The summed E-state index contributed by atoms with van der Waals surface area (Å²) in [5, 5.41) is 3.66. The van der Waals surface area contributed by atoms with Gasteiger partial charge in [-0.15, -0.1) is 0 Å². The summed E-state index contributed by atoms with van der Waals surface area (Å²) >= 11 is 0. The first-order chi connectivity index (χ1) is 6.43. The average molecular weight is 173 g/mol. The Bertz CT molecular complexity index is 319. The van der Waals surface area contributed by atoms with Crippen LogP contribution in [0.2, 0.25) is 0 Å². The highest BCUT2D eigenvalue weighted by molar-refractivity contribution is 5.53. The van der Waals surface area contributed by atoms with Crippen molar-refractivity contribution in [3.8, 4) is 0 Å². The number of hydrogen-bond donors (Lipinski definition) is 1. The standard InChI is InChI=1S/C12H15N/c1-2-4-11-9(3-1)5-6-10-7-8-12(10)13-11/h1-4,10,12-13H,5-8H2. The van der Waals surface area contributed by atoms with Gasteiger partial charge in [0.2, 0.25) is 0 Å². The predicted molar refractivity (Wildman–Crippen MR) is 54.9 cm³/mol. The third kappa shape index (κ3) is 1.14. The smallest absolute Gasteiger partial charge is 0.0374 e. The van der Waals surface area contributed by atoms with Crippen molar-refractivity contribution in [3.05, 3.63) is 29.8 Å². The van der Waals surface area contributed by atoms with Crippen LogP contribution in [0.4, 0.5) is 5.69 Å². The van der Waals surface area contributed by atoms with Crippen LogP contribution in [-0.4, -0.2) is 6.04 Å². The molecule has 2 unspecified atom stereocenters. The zero-order valence-corrected chi connectivity index (χ0v) is 7.79. The molecule has 1 aromatic rings. The van der Waals surface area contributed by atoms with Gasteiger partial charge in [0.1, 0.15) is 0 Å². The monoisotopic (exact) mass is 173 g/mol. The number of anilines is 1. The minimum atomic E-state index is 0.781. The fraction of sp³-hybridized carbons (Fsp3) is 0.500. The van der Waals surface area contributed by atoms with Gasteiger partial charge in [-0.05, 0) is 43.2 Å². The molecule has 1 N–H and O–H groups in total. The maximum Gasteiger partial charge on any atom is 0.0374 e. The summed E-state index contributed by atoms with van der Waals surface area (Å²) in [6, 6.07) is 9.53. The Kier molecular flexibility index (Phi) is 1.58. The topological polar surface area (TPSA) is 12.0 Å². The molecule has 2 atom stereocenters. The molecule has 68 valence electrons. The summed E-state index contributed by atoms with van der Waals surface area (Å²) in [5.74, 6) is 0.951. The minimum Gasteiger partial charge on any atom is -0.382 e. The van der Waals surface area contributed by atoms with E-state index in [1.54, 1.807) is 0 Å². The van der Waals surface area contributed by atoms with E-state index in [4.69, 9.17) is 0 Å². The number of rotatable bonds is 0. The van der Waals surface area contributed by atoms with Crippen molar-refractivity contribution in [3.63, 3.8) is 0 Å². The highest BCUT2D eigenvalue weighted by Crippen LogP contribution is 2.37. The first-order valence-corrected chi connectivity index (χ1v) is 5.28. The van der Waals surface area contributed by atoms with E-state index in [1.807, 2.05) is 0 Å². The van der Waals surface area contributed by atoms with E-state index in [0.29, 0.717) is 0 Å². The van der Waals surface area contributed by atoms with E-state index in [-0.39, 0.29) is 0 Å². The quantitative estimate of drug-likeness (QED) is 0.636. The second kappa shape index (κ2) is 2.76. The van der Waals surface area contributed by atoms with Gasteiger partial charge in [-0.3, -0.25) is 0 Å². The first-order valence-electron chi connectivity index (χ1n) is 5.28. The lowest BCUT2D eigenvalue weighted by molar-refractivity contribution is 0.265. The number of aryl methyl sites for hydroxylation is 1. The van der Waals surface area contributed by atoms with Crippen molar-refractivity contribution in [2.75, 3.05) is 5.32 Å². The lowest BCUT2D eigenvalue weighted by atomic mass is 9.77. The first kappa shape index (κ1) is 7.43. The summed E-state index contributed by atoms with van der Waals surface area (Å²) in [6.07, 6.45) is 5.46. The molecular weight excluding hydrogens is 158 g/mol. The van der Waals surface area contributed by atoms with Crippen LogP contribution in [0.3, 0.4) is 0 Å². The summed E-state index contributed by atoms with van der Waals surface area (Å²) in [6.45, 7) is 0. The molecule has 0 radical (unpaired) electrons. The Labute approximate surface area is 79.2 Å². The molecule has 1 heterocycles. The molecule has 0 spiro atoms. The van der Waals surface area contributed by atoms with Crippen LogP contribution in [0.25, 0.3) is 0 Å². The van der Waals surface area contributed by atoms with Gasteiger partial charge in [-0.25, -0.2) is 0 Å². The molecule has 1 saturated carbocycles. The molecule has 0 bridgehead atoms. The zero-order chi connectivity index (χ0) is 8.67. The SMILES string of the molecule is c1ccc2c(c1)CCC1CCC1N2. The Morgan fingerprint density at radius 1 is 1.08 bits per heavy atom. The molecule has 1 aliphatic heterocycles. The van der Waals surface area contributed by atoms with Crippen molar-refractivity contribution >= 4 is 5.69 Å². The van der Waals surface area contributed by atoms with E-state index >= 15 is 0 Å². The third-order valence-corrected chi connectivity index (χ3v) is 3.56. The molecule has 2 aliphatic rings. The molecular formula is C12H15N. The number of nitrogens with one attached hydrogen (secondary N) is 1. The molecule has 1 heteroatoms. The van der Waals surface area contributed by atoms with E-state index in [0.717, 1.165) is 12.0 Å². The average Bonchev–Trinajstić information content (AvgIpc) is 2.25. The molecule has 3 rings (SSSR count). The number of fused-ring (bicyclic) bond motifs is 2. The van der Waals surface area contributed by atoms with Gasteiger partial charge in [-0.2, -0.15) is 0 Å². The minimum absolute atomic E-state index is 0.781.